The summed E-state index contributed by atoms with van der Waals surface area (Å²) in [5.74, 6) is 0. The zero-order valence-electron chi connectivity index (χ0n) is 9.84. The summed E-state index contributed by atoms with van der Waals surface area (Å²) in [5.41, 5.74) is 7.38. The third kappa shape index (κ3) is 2.00. The van der Waals surface area contributed by atoms with Gasteiger partial charge < -0.3 is 4.84 Å². The number of hydrogen-bond donors (Lipinski definition) is 1. The molecule has 2 nitrogen and oxygen atoms in total. The number of allylic oxidation sites excluding steroid dienone is 2. The molecule has 0 spiro atoms. The molecular formula is C16H13NO. The van der Waals surface area contributed by atoms with Gasteiger partial charge in [0.2, 0.25) is 0 Å². The lowest BCUT2D eigenvalue weighted by molar-refractivity contribution is 0.182. The van der Waals surface area contributed by atoms with Gasteiger partial charge in [-0.3, -0.25) is 0 Å². The van der Waals surface area contributed by atoms with Crippen LogP contribution in [0.1, 0.15) is 11.1 Å². The van der Waals surface area contributed by atoms with Crippen LogP contribution >= 0.6 is 0 Å². The Bertz CT molecular complexity index is 585. The van der Waals surface area contributed by atoms with Crippen molar-refractivity contribution in [1.29, 1.82) is 0 Å². The molecule has 0 atom stereocenters. The first-order valence-electron chi connectivity index (χ1n) is 5.88. The molecule has 88 valence electrons. The summed E-state index contributed by atoms with van der Waals surface area (Å²) < 4.78 is 0. The van der Waals surface area contributed by atoms with Crippen LogP contribution in [0.5, 0.6) is 0 Å². The van der Waals surface area contributed by atoms with Gasteiger partial charge in [0.05, 0.1) is 5.70 Å². The van der Waals surface area contributed by atoms with Crippen LogP contribution in [0.15, 0.2) is 73.0 Å². The average Bonchev–Trinajstić information content (AvgIpc) is 2.49. The maximum atomic E-state index is 5.20. The summed E-state index contributed by atoms with van der Waals surface area (Å²) in [4.78, 5) is 5.20. The molecule has 0 aliphatic carbocycles. The Morgan fingerprint density at radius 1 is 0.722 bits per heavy atom. The largest absolute Gasteiger partial charge is 0.390 e. The lowest BCUT2D eigenvalue weighted by Gasteiger charge is -2.18. The Morgan fingerprint density at radius 2 is 1.33 bits per heavy atom. The van der Waals surface area contributed by atoms with Crippen molar-refractivity contribution in [2.24, 2.45) is 0 Å². The van der Waals surface area contributed by atoms with Crippen LogP contribution in [-0.2, 0) is 4.84 Å². The van der Waals surface area contributed by atoms with Crippen molar-refractivity contribution >= 4 is 11.3 Å². The molecule has 1 aliphatic heterocycles. The zero-order chi connectivity index (χ0) is 12.2. The molecule has 0 unspecified atom stereocenters. The van der Waals surface area contributed by atoms with E-state index < -0.39 is 0 Å². The van der Waals surface area contributed by atoms with E-state index in [9.17, 15) is 0 Å². The van der Waals surface area contributed by atoms with E-state index in [-0.39, 0.29) is 0 Å². The van der Waals surface area contributed by atoms with Gasteiger partial charge in [0.15, 0.2) is 0 Å². The minimum absolute atomic E-state index is 0.990. The molecule has 0 radical (unpaired) electrons. The van der Waals surface area contributed by atoms with Crippen molar-refractivity contribution in [2.75, 3.05) is 0 Å². The predicted molar refractivity (Wildman–Crippen MR) is 73.1 cm³/mol. The van der Waals surface area contributed by atoms with Crippen LogP contribution in [0.2, 0.25) is 0 Å². The minimum Gasteiger partial charge on any atom is -0.390 e. The van der Waals surface area contributed by atoms with Gasteiger partial charge >= 0.3 is 0 Å². The maximum absolute atomic E-state index is 5.20. The second-order valence-corrected chi connectivity index (χ2v) is 4.04. The number of hydroxylamine groups is 1. The van der Waals surface area contributed by atoms with E-state index >= 15 is 0 Å². The van der Waals surface area contributed by atoms with E-state index in [1.807, 2.05) is 42.5 Å². The molecule has 2 aromatic carbocycles. The first kappa shape index (κ1) is 10.7. The van der Waals surface area contributed by atoms with E-state index in [0.717, 1.165) is 16.8 Å². The summed E-state index contributed by atoms with van der Waals surface area (Å²) in [5, 5.41) is 0. The Morgan fingerprint density at radius 3 is 2.00 bits per heavy atom. The molecule has 0 bridgehead atoms. The van der Waals surface area contributed by atoms with Gasteiger partial charge in [-0.05, 0) is 11.6 Å². The summed E-state index contributed by atoms with van der Waals surface area (Å²) >= 11 is 0. The van der Waals surface area contributed by atoms with Crippen LogP contribution < -0.4 is 5.48 Å². The van der Waals surface area contributed by atoms with Gasteiger partial charge in [-0.2, -0.15) is 0 Å². The summed E-state index contributed by atoms with van der Waals surface area (Å²) in [6, 6.07) is 20.4. The number of benzene rings is 2. The van der Waals surface area contributed by atoms with Crippen molar-refractivity contribution in [2.45, 2.75) is 0 Å². The SMILES string of the molecule is C1=CC(c2ccccc2)=C(c2ccccc2)NO1. The highest BCUT2D eigenvalue weighted by atomic mass is 16.6. The van der Waals surface area contributed by atoms with Gasteiger partial charge in [0, 0.05) is 11.1 Å². The molecule has 0 amide bonds. The summed E-state index contributed by atoms with van der Waals surface area (Å²) in [7, 11) is 0. The fourth-order valence-corrected chi connectivity index (χ4v) is 2.01. The summed E-state index contributed by atoms with van der Waals surface area (Å²) in [6.07, 6.45) is 3.64. The highest BCUT2D eigenvalue weighted by Gasteiger charge is 2.12. The second kappa shape index (κ2) is 4.80. The Hall–Kier alpha value is -2.48. The van der Waals surface area contributed by atoms with Crippen molar-refractivity contribution in [3.05, 3.63) is 84.1 Å². The lowest BCUT2D eigenvalue weighted by atomic mass is 9.99. The van der Waals surface area contributed by atoms with Crippen LogP contribution in [0.3, 0.4) is 0 Å². The van der Waals surface area contributed by atoms with Crippen LogP contribution in [-0.4, -0.2) is 0 Å². The molecule has 1 N–H and O–H groups in total. The molecule has 0 fully saturated rings. The molecule has 18 heavy (non-hydrogen) atoms. The van der Waals surface area contributed by atoms with Crippen molar-refractivity contribution in [1.82, 2.24) is 5.48 Å². The van der Waals surface area contributed by atoms with Crippen molar-refractivity contribution in [3.8, 4) is 0 Å². The molecular weight excluding hydrogens is 222 g/mol. The van der Waals surface area contributed by atoms with Crippen molar-refractivity contribution in [3.63, 3.8) is 0 Å². The first-order valence-corrected chi connectivity index (χ1v) is 5.88. The molecule has 3 rings (SSSR count). The molecule has 2 heteroatoms. The first-order chi connectivity index (χ1) is 8.95. The fraction of sp³-hybridized carbons (Fsp3) is 0. The molecule has 0 saturated carbocycles. The van der Waals surface area contributed by atoms with Crippen molar-refractivity contribution < 1.29 is 4.84 Å². The Kier molecular flexibility index (Phi) is 2.84. The standard InChI is InChI=1S/C16H13NO/c1-3-7-13(8-4-1)15-11-12-18-17-16(15)14-9-5-2-6-10-14/h1-12,17H. The molecule has 1 heterocycles. The van der Waals surface area contributed by atoms with Gasteiger partial charge in [-0.25, -0.2) is 5.48 Å². The highest BCUT2D eigenvalue weighted by molar-refractivity contribution is 5.94. The topological polar surface area (TPSA) is 21.3 Å². The van der Waals surface area contributed by atoms with Crippen LogP contribution in [0.4, 0.5) is 0 Å². The number of rotatable bonds is 2. The smallest absolute Gasteiger partial charge is 0.119 e. The second-order valence-electron chi connectivity index (χ2n) is 4.04. The predicted octanol–water partition coefficient (Wildman–Crippen LogP) is 3.60. The molecule has 0 aromatic heterocycles. The average molecular weight is 235 g/mol. The molecule has 0 saturated heterocycles. The normalized spacial score (nSPS) is 14.0. The van der Waals surface area contributed by atoms with E-state index in [0.29, 0.717) is 0 Å². The van der Waals surface area contributed by atoms with E-state index in [1.54, 1.807) is 6.26 Å². The molecule has 2 aromatic rings. The Balaban J connectivity index is 2.13. The van der Waals surface area contributed by atoms with Crippen LogP contribution in [0.25, 0.3) is 11.3 Å². The Labute approximate surface area is 106 Å². The van der Waals surface area contributed by atoms with Gasteiger partial charge in [0.25, 0.3) is 0 Å². The third-order valence-electron chi connectivity index (χ3n) is 2.88. The highest BCUT2D eigenvalue weighted by Crippen LogP contribution is 2.27. The molecule has 1 aliphatic rings. The zero-order valence-corrected chi connectivity index (χ0v) is 9.84. The minimum atomic E-state index is 0.990. The number of nitrogens with one attached hydrogen (secondary N) is 1. The number of hydrogen-bond acceptors (Lipinski definition) is 2. The van der Waals surface area contributed by atoms with Crippen LogP contribution in [0, 0.1) is 0 Å². The van der Waals surface area contributed by atoms with E-state index in [1.165, 1.54) is 5.56 Å². The summed E-state index contributed by atoms with van der Waals surface area (Å²) in [6.45, 7) is 0. The van der Waals surface area contributed by atoms with Gasteiger partial charge in [-0.15, -0.1) is 0 Å². The maximum Gasteiger partial charge on any atom is 0.119 e. The van der Waals surface area contributed by atoms with Gasteiger partial charge in [0.1, 0.15) is 6.26 Å². The van der Waals surface area contributed by atoms with Gasteiger partial charge in [-0.1, -0.05) is 60.7 Å². The monoisotopic (exact) mass is 235 g/mol. The lowest BCUT2D eigenvalue weighted by Crippen LogP contribution is -2.14. The third-order valence-corrected chi connectivity index (χ3v) is 2.88. The quantitative estimate of drug-likeness (QED) is 0.858. The van der Waals surface area contributed by atoms with E-state index in [4.69, 9.17) is 4.84 Å². The van der Waals surface area contributed by atoms with E-state index in [2.05, 4.69) is 29.7 Å². The fourth-order valence-electron chi connectivity index (χ4n) is 2.01.